The summed E-state index contributed by atoms with van der Waals surface area (Å²) >= 11 is 0. The van der Waals surface area contributed by atoms with Gasteiger partial charge in [-0.05, 0) is 66.6 Å². The summed E-state index contributed by atoms with van der Waals surface area (Å²) in [5.41, 5.74) is 4.01. The Labute approximate surface area is 221 Å². The van der Waals surface area contributed by atoms with Gasteiger partial charge in [-0.2, -0.15) is 0 Å². The fraction of sp³-hybridized carbons (Fsp3) is 0.419. The minimum atomic E-state index is -3.48. The lowest BCUT2D eigenvalue weighted by Gasteiger charge is -2.30. The second-order valence-corrected chi connectivity index (χ2v) is 12.7. The molecule has 196 valence electrons. The largest absolute Gasteiger partial charge is 0.507 e. The molecule has 2 saturated heterocycles. The van der Waals surface area contributed by atoms with E-state index in [-0.39, 0.29) is 23.9 Å². The Morgan fingerprint density at radius 1 is 0.892 bits per heavy atom. The maximum Gasteiger partial charge on any atom is 0.184 e. The Bertz CT molecular complexity index is 1310. The zero-order chi connectivity index (χ0) is 25.8. The number of fused-ring (bicyclic) bond motifs is 2. The molecule has 3 aromatic rings. The van der Waals surface area contributed by atoms with Crippen LogP contribution in [0.25, 0.3) is 11.1 Å². The molecule has 2 aliphatic heterocycles. The molecule has 2 fully saturated rings. The van der Waals surface area contributed by atoms with Gasteiger partial charge in [0.05, 0.1) is 10.1 Å². The first kappa shape index (κ1) is 26.0. The highest BCUT2D eigenvalue weighted by Crippen LogP contribution is 2.36. The molecule has 2 aliphatic rings. The minimum Gasteiger partial charge on any atom is -0.507 e. The van der Waals surface area contributed by atoms with Crippen LogP contribution >= 0.6 is 0 Å². The van der Waals surface area contributed by atoms with E-state index in [9.17, 15) is 13.5 Å². The smallest absolute Gasteiger partial charge is 0.184 e. The first-order valence-electron chi connectivity index (χ1n) is 13.7. The quantitative estimate of drug-likeness (QED) is 0.287. The van der Waals surface area contributed by atoms with Gasteiger partial charge in [-0.3, -0.25) is 0 Å². The number of aromatic hydroxyl groups is 1. The van der Waals surface area contributed by atoms with E-state index in [4.69, 9.17) is 0 Å². The molecular weight excluding hydrogens is 480 g/mol. The van der Waals surface area contributed by atoms with Gasteiger partial charge in [0.15, 0.2) is 9.84 Å². The third-order valence-electron chi connectivity index (χ3n) is 8.01. The molecular formula is C31H38N2O3S. The number of sulfone groups is 1. The van der Waals surface area contributed by atoms with E-state index < -0.39 is 15.1 Å². The molecule has 0 spiro atoms. The SMILES string of the molecule is CCCCCCc1ccc(S(=O)(=O)[C@H]2[C@H](NCc3cccc(-c4ccccc4O)c3)[C@H]3CC[C@@H]2N3)cc1. The number of nitrogens with one attached hydrogen (secondary N) is 2. The van der Waals surface area contributed by atoms with Crippen molar-refractivity contribution < 1.29 is 13.5 Å². The number of aryl methyl sites for hydroxylation is 1. The molecule has 0 aliphatic carbocycles. The lowest BCUT2D eigenvalue weighted by atomic mass is 9.94. The number of unbranched alkanes of at least 4 members (excludes halogenated alkanes) is 3. The number of phenolic OH excluding ortho intramolecular Hbond substituents is 1. The molecule has 3 aromatic carbocycles. The Balaban J connectivity index is 1.29. The first-order valence-corrected chi connectivity index (χ1v) is 15.2. The van der Waals surface area contributed by atoms with Crippen LogP contribution in [0.2, 0.25) is 0 Å². The lowest BCUT2D eigenvalue weighted by molar-refractivity contribution is 0.409. The molecule has 0 unspecified atom stereocenters. The normalized spacial score (nSPS) is 22.9. The molecule has 4 atom stereocenters. The van der Waals surface area contributed by atoms with Gasteiger partial charge < -0.3 is 15.7 Å². The molecule has 6 heteroatoms. The van der Waals surface area contributed by atoms with Crippen LogP contribution in [0.4, 0.5) is 0 Å². The van der Waals surface area contributed by atoms with Gasteiger partial charge in [0.1, 0.15) is 5.75 Å². The monoisotopic (exact) mass is 518 g/mol. The third-order valence-corrected chi connectivity index (χ3v) is 10.3. The van der Waals surface area contributed by atoms with Crippen LogP contribution in [-0.4, -0.2) is 36.9 Å². The van der Waals surface area contributed by atoms with Crippen LogP contribution in [0.1, 0.15) is 56.6 Å². The number of para-hydroxylation sites is 1. The van der Waals surface area contributed by atoms with Crippen molar-refractivity contribution in [3.8, 4) is 16.9 Å². The molecule has 5 nitrogen and oxygen atoms in total. The molecule has 2 bridgehead atoms. The summed E-state index contributed by atoms with van der Waals surface area (Å²) in [6.07, 6.45) is 7.71. The standard InChI is InChI=1S/C31H38N2O3S/c1-2-3-4-5-9-22-14-16-25(17-15-22)37(35,36)31-28-19-18-27(33-28)30(31)32-21-23-10-8-11-24(20-23)26-12-6-7-13-29(26)34/h6-8,10-17,20,27-28,30-34H,2-5,9,18-19,21H2,1H3/t27-,28+,30-,31-/m1/s1. The van der Waals surface area contributed by atoms with Crippen LogP contribution in [0.15, 0.2) is 77.7 Å². The van der Waals surface area contributed by atoms with Gasteiger partial charge in [-0.15, -0.1) is 0 Å². The van der Waals surface area contributed by atoms with Crippen molar-refractivity contribution in [2.45, 2.75) is 86.7 Å². The average molecular weight is 519 g/mol. The van der Waals surface area contributed by atoms with E-state index in [2.05, 4.69) is 23.6 Å². The van der Waals surface area contributed by atoms with Crippen LogP contribution in [0.5, 0.6) is 5.75 Å². The molecule has 0 radical (unpaired) electrons. The Hall–Kier alpha value is -2.67. The fourth-order valence-electron chi connectivity index (χ4n) is 6.05. The van der Waals surface area contributed by atoms with Gasteiger partial charge in [0.25, 0.3) is 0 Å². The summed E-state index contributed by atoms with van der Waals surface area (Å²) in [5, 5.41) is 16.9. The maximum atomic E-state index is 13.8. The van der Waals surface area contributed by atoms with E-state index >= 15 is 0 Å². The topological polar surface area (TPSA) is 78.4 Å². The van der Waals surface area contributed by atoms with Gasteiger partial charge in [-0.1, -0.05) is 74.7 Å². The van der Waals surface area contributed by atoms with E-state index in [0.717, 1.165) is 42.4 Å². The lowest BCUT2D eigenvalue weighted by Crippen LogP contribution is -2.50. The van der Waals surface area contributed by atoms with E-state index in [1.165, 1.54) is 24.8 Å². The number of hydrogen-bond acceptors (Lipinski definition) is 5. The minimum absolute atomic E-state index is 0.0196. The summed E-state index contributed by atoms with van der Waals surface area (Å²) in [5.74, 6) is 0.253. The summed E-state index contributed by atoms with van der Waals surface area (Å²) < 4.78 is 27.7. The van der Waals surface area contributed by atoms with Crippen LogP contribution in [-0.2, 0) is 22.8 Å². The van der Waals surface area contributed by atoms with Crippen LogP contribution in [0.3, 0.4) is 0 Å². The van der Waals surface area contributed by atoms with Crippen molar-refractivity contribution in [3.05, 3.63) is 83.9 Å². The molecule has 2 heterocycles. The van der Waals surface area contributed by atoms with E-state index in [0.29, 0.717) is 11.4 Å². The van der Waals surface area contributed by atoms with E-state index in [1.54, 1.807) is 6.07 Å². The summed E-state index contributed by atoms with van der Waals surface area (Å²) in [7, 11) is -3.48. The Morgan fingerprint density at radius 3 is 2.46 bits per heavy atom. The van der Waals surface area contributed by atoms with Crippen molar-refractivity contribution in [3.63, 3.8) is 0 Å². The number of phenols is 1. The van der Waals surface area contributed by atoms with Crippen molar-refractivity contribution in [1.82, 2.24) is 10.6 Å². The number of benzene rings is 3. The average Bonchev–Trinajstić information content (AvgIpc) is 3.53. The first-order chi connectivity index (χ1) is 18.0. The van der Waals surface area contributed by atoms with Gasteiger partial charge in [0, 0.05) is 30.2 Å². The predicted molar refractivity (Wildman–Crippen MR) is 149 cm³/mol. The second kappa shape index (κ2) is 11.4. The van der Waals surface area contributed by atoms with Gasteiger partial charge in [-0.25, -0.2) is 8.42 Å². The number of rotatable bonds is 11. The Kier molecular flexibility index (Phi) is 7.98. The van der Waals surface area contributed by atoms with Crippen molar-refractivity contribution in [2.75, 3.05) is 0 Å². The zero-order valence-electron chi connectivity index (χ0n) is 21.6. The van der Waals surface area contributed by atoms with Crippen molar-refractivity contribution in [1.29, 1.82) is 0 Å². The summed E-state index contributed by atoms with van der Waals surface area (Å²) in [6, 6.07) is 23.0. The predicted octanol–water partition coefficient (Wildman–Crippen LogP) is 5.62. The summed E-state index contributed by atoms with van der Waals surface area (Å²) in [6.45, 7) is 2.78. The molecule has 0 saturated carbocycles. The maximum absolute atomic E-state index is 13.8. The van der Waals surface area contributed by atoms with Gasteiger partial charge >= 0.3 is 0 Å². The fourth-order valence-corrected chi connectivity index (χ4v) is 8.20. The van der Waals surface area contributed by atoms with Gasteiger partial charge in [0.2, 0.25) is 0 Å². The second-order valence-electron chi connectivity index (χ2n) is 10.5. The highest BCUT2D eigenvalue weighted by atomic mass is 32.2. The molecule has 0 aromatic heterocycles. The molecule has 3 N–H and O–H groups in total. The zero-order valence-corrected chi connectivity index (χ0v) is 22.4. The summed E-state index contributed by atoms with van der Waals surface area (Å²) in [4.78, 5) is 0.428. The van der Waals surface area contributed by atoms with E-state index in [1.807, 2.05) is 60.7 Å². The molecule has 5 rings (SSSR count). The van der Waals surface area contributed by atoms with Crippen LogP contribution < -0.4 is 10.6 Å². The number of hydrogen-bond donors (Lipinski definition) is 3. The highest BCUT2D eigenvalue weighted by Gasteiger charge is 2.53. The van der Waals surface area contributed by atoms with Crippen molar-refractivity contribution >= 4 is 9.84 Å². The highest BCUT2D eigenvalue weighted by molar-refractivity contribution is 7.92. The Morgan fingerprint density at radius 2 is 1.68 bits per heavy atom. The van der Waals surface area contributed by atoms with Crippen LogP contribution in [0, 0.1) is 0 Å². The third kappa shape index (κ3) is 5.62. The molecule has 0 amide bonds. The molecule has 37 heavy (non-hydrogen) atoms. The van der Waals surface area contributed by atoms with Crippen molar-refractivity contribution in [2.24, 2.45) is 0 Å².